The second kappa shape index (κ2) is 6.92. The van der Waals surface area contributed by atoms with Gasteiger partial charge < -0.3 is 11.1 Å². The Labute approximate surface area is 138 Å². The Morgan fingerprint density at radius 3 is 2.30 bits per heavy atom. The van der Waals surface area contributed by atoms with Crippen molar-refractivity contribution < 1.29 is 4.79 Å². The average molecular weight is 311 g/mol. The number of carbonyl (C=O) groups is 1. The highest BCUT2D eigenvalue weighted by Gasteiger charge is 2.28. The van der Waals surface area contributed by atoms with Gasteiger partial charge >= 0.3 is 0 Å². The van der Waals surface area contributed by atoms with Crippen molar-refractivity contribution in [1.29, 1.82) is 0 Å². The number of benzene rings is 1. The lowest BCUT2D eigenvalue weighted by atomic mass is 9.86. The largest absolute Gasteiger partial charge is 0.348 e. The third kappa shape index (κ3) is 4.39. The normalized spacial score (nSPS) is 14.1. The van der Waals surface area contributed by atoms with Crippen molar-refractivity contribution in [3.63, 3.8) is 0 Å². The van der Waals surface area contributed by atoms with E-state index in [-0.39, 0.29) is 17.4 Å². The van der Waals surface area contributed by atoms with Gasteiger partial charge in [-0.1, -0.05) is 51.1 Å². The van der Waals surface area contributed by atoms with Gasteiger partial charge in [0.25, 0.3) is 0 Å². The second-order valence-electron chi connectivity index (χ2n) is 6.94. The Morgan fingerprint density at radius 1 is 1.13 bits per heavy atom. The number of aromatic nitrogens is 1. The van der Waals surface area contributed by atoms with Crippen LogP contribution >= 0.6 is 0 Å². The molecule has 2 atom stereocenters. The minimum Gasteiger partial charge on any atom is -0.348 e. The van der Waals surface area contributed by atoms with Crippen molar-refractivity contribution in [3.05, 3.63) is 54.4 Å². The molecular weight excluding hydrogens is 286 g/mol. The molecule has 1 amide bonds. The Balaban J connectivity index is 2.06. The minimum atomic E-state index is -0.528. The molecule has 0 saturated carbocycles. The van der Waals surface area contributed by atoms with E-state index in [1.54, 1.807) is 6.20 Å². The summed E-state index contributed by atoms with van der Waals surface area (Å²) in [6.45, 7) is 7.85. The number of amides is 1. The van der Waals surface area contributed by atoms with E-state index in [2.05, 4.69) is 10.3 Å². The van der Waals surface area contributed by atoms with Gasteiger partial charge in [-0.05, 0) is 35.1 Å². The van der Waals surface area contributed by atoms with Crippen molar-refractivity contribution in [1.82, 2.24) is 10.3 Å². The lowest BCUT2D eigenvalue weighted by Gasteiger charge is -2.27. The first kappa shape index (κ1) is 17.2. The highest BCUT2D eigenvalue weighted by atomic mass is 16.2. The monoisotopic (exact) mass is 311 g/mol. The molecule has 0 bridgehead atoms. The molecular formula is C19H25N3O. The van der Waals surface area contributed by atoms with Gasteiger partial charge in [0.15, 0.2) is 0 Å². The molecule has 0 aliphatic carbocycles. The molecule has 0 spiro atoms. The lowest BCUT2D eigenvalue weighted by Crippen LogP contribution is -2.49. The smallest absolute Gasteiger partial charge is 0.237 e. The van der Waals surface area contributed by atoms with Crippen LogP contribution in [0.3, 0.4) is 0 Å². The van der Waals surface area contributed by atoms with Crippen LogP contribution in [0.1, 0.15) is 39.3 Å². The summed E-state index contributed by atoms with van der Waals surface area (Å²) in [7, 11) is 0. The Hall–Kier alpha value is -2.20. The zero-order valence-electron chi connectivity index (χ0n) is 14.2. The molecule has 0 saturated heterocycles. The van der Waals surface area contributed by atoms with E-state index in [1.807, 2.05) is 70.3 Å². The number of hydrogen-bond acceptors (Lipinski definition) is 3. The Bertz CT molecular complexity index is 645. The first-order chi connectivity index (χ1) is 10.8. The third-order valence-electron chi connectivity index (χ3n) is 3.98. The minimum absolute atomic E-state index is 0.0844. The van der Waals surface area contributed by atoms with E-state index in [0.717, 1.165) is 16.7 Å². The van der Waals surface area contributed by atoms with Crippen molar-refractivity contribution in [2.24, 2.45) is 11.1 Å². The van der Waals surface area contributed by atoms with Crippen LogP contribution in [0.25, 0.3) is 11.1 Å². The molecule has 1 unspecified atom stereocenters. The molecule has 4 heteroatoms. The molecule has 0 radical (unpaired) electrons. The number of nitrogens with zero attached hydrogens (tertiary/aromatic N) is 1. The van der Waals surface area contributed by atoms with Crippen molar-refractivity contribution >= 4 is 5.91 Å². The number of hydrogen-bond donors (Lipinski definition) is 2. The van der Waals surface area contributed by atoms with Gasteiger partial charge in [0.05, 0.1) is 12.1 Å². The summed E-state index contributed by atoms with van der Waals surface area (Å²) in [6.07, 6.45) is 3.59. The molecule has 3 N–H and O–H groups in total. The van der Waals surface area contributed by atoms with Crippen LogP contribution in [0.5, 0.6) is 0 Å². The summed E-state index contributed by atoms with van der Waals surface area (Å²) < 4.78 is 0. The van der Waals surface area contributed by atoms with Crippen LogP contribution in [0, 0.1) is 5.41 Å². The maximum absolute atomic E-state index is 12.2. The second-order valence-corrected chi connectivity index (χ2v) is 6.94. The predicted octanol–water partition coefficient (Wildman–Crippen LogP) is 3.30. The maximum Gasteiger partial charge on any atom is 0.237 e. The number of carbonyl (C=O) groups excluding carboxylic acids is 1. The van der Waals surface area contributed by atoms with Crippen LogP contribution in [0.2, 0.25) is 0 Å². The maximum atomic E-state index is 12.2. The first-order valence-corrected chi connectivity index (χ1v) is 7.85. The van der Waals surface area contributed by atoms with Crippen LogP contribution in [-0.2, 0) is 4.79 Å². The predicted molar refractivity (Wildman–Crippen MR) is 93.7 cm³/mol. The van der Waals surface area contributed by atoms with Crippen LogP contribution in [0.15, 0.2) is 48.8 Å². The Morgan fingerprint density at radius 2 is 1.78 bits per heavy atom. The molecule has 1 aromatic carbocycles. The molecule has 23 heavy (non-hydrogen) atoms. The van der Waals surface area contributed by atoms with Gasteiger partial charge in [-0.15, -0.1) is 0 Å². The lowest BCUT2D eigenvalue weighted by molar-refractivity contribution is -0.125. The van der Waals surface area contributed by atoms with Gasteiger partial charge in [0.1, 0.15) is 0 Å². The number of rotatable bonds is 4. The van der Waals surface area contributed by atoms with Gasteiger partial charge in [0.2, 0.25) is 5.91 Å². The summed E-state index contributed by atoms with van der Waals surface area (Å²) >= 11 is 0. The molecule has 2 rings (SSSR count). The fourth-order valence-electron chi connectivity index (χ4n) is 2.28. The van der Waals surface area contributed by atoms with E-state index >= 15 is 0 Å². The molecule has 122 valence electrons. The van der Waals surface area contributed by atoms with Crippen LogP contribution in [-0.4, -0.2) is 16.9 Å². The number of pyridine rings is 1. The molecule has 4 nitrogen and oxygen atoms in total. The number of nitrogens with one attached hydrogen (secondary N) is 1. The zero-order valence-corrected chi connectivity index (χ0v) is 14.2. The van der Waals surface area contributed by atoms with Crippen LogP contribution < -0.4 is 11.1 Å². The molecule has 1 heterocycles. The molecule has 0 aliphatic rings. The number of nitrogens with two attached hydrogens (primary N) is 1. The van der Waals surface area contributed by atoms with E-state index in [1.165, 1.54) is 0 Å². The van der Waals surface area contributed by atoms with E-state index < -0.39 is 6.04 Å². The quantitative estimate of drug-likeness (QED) is 0.910. The molecule has 0 fully saturated rings. The summed E-state index contributed by atoms with van der Waals surface area (Å²) in [4.78, 5) is 16.3. The van der Waals surface area contributed by atoms with Gasteiger partial charge in [-0.25, -0.2) is 0 Å². The third-order valence-corrected chi connectivity index (χ3v) is 3.98. The highest BCUT2D eigenvalue weighted by molar-refractivity contribution is 5.82. The highest BCUT2D eigenvalue weighted by Crippen LogP contribution is 2.22. The zero-order chi connectivity index (χ0) is 17.0. The van der Waals surface area contributed by atoms with E-state index in [9.17, 15) is 4.79 Å². The van der Waals surface area contributed by atoms with Crippen LogP contribution in [0.4, 0.5) is 0 Å². The summed E-state index contributed by atoms with van der Waals surface area (Å²) in [5.74, 6) is -0.124. The van der Waals surface area contributed by atoms with Gasteiger partial charge in [0, 0.05) is 12.4 Å². The van der Waals surface area contributed by atoms with Crippen molar-refractivity contribution in [2.75, 3.05) is 0 Å². The summed E-state index contributed by atoms with van der Waals surface area (Å²) in [6, 6.07) is 11.5. The fraction of sp³-hybridized carbons (Fsp3) is 0.368. The molecule has 0 aliphatic heterocycles. The fourth-order valence-corrected chi connectivity index (χ4v) is 2.28. The molecule has 1 aromatic heterocycles. The Kier molecular flexibility index (Phi) is 5.16. The van der Waals surface area contributed by atoms with E-state index in [0.29, 0.717) is 0 Å². The summed E-state index contributed by atoms with van der Waals surface area (Å²) in [5.41, 5.74) is 8.97. The van der Waals surface area contributed by atoms with Gasteiger partial charge in [-0.3, -0.25) is 9.78 Å². The average Bonchev–Trinajstić information content (AvgIpc) is 2.54. The van der Waals surface area contributed by atoms with E-state index in [4.69, 9.17) is 5.73 Å². The van der Waals surface area contributed by atoms with Crippen molar-refractivity contribution in [3.8, 4) is 11.1 Å². The topological polar surface area (TPSA) is 68.0 Å². The standard InChI is InChI=1S/C19H25N3O/c1-13(22-18(23)17(20)19(2,3)4)14-7-9-15(10-8-14)16-6-5-11-21-12-16/h5-13,17H,20H2,1-4H3,(H,22,23)/t13?,17-/m1/s1. The molecule has 2 aromatic rings. The first-order valence-electron chi connectivity index (χ1n) is 7.85. The summed E-state index contributed by atoms with van der Waals surface area (Å²) in [5, 5.41) is 2.99. The van der Waals surface area contributed by atoms with Crippen molar-refractivity contribution in [2.45, 2.75) is 39.8 Å². The SMILES string of the molecule is CC(NC(=O)[C@@H](N)C(C)(C)C)c1ccc(-c2cccnc2)cc1. The van der Waals surface area contributed by atoms with Gasteiger partial charge in [-0.2, -0.15) is 0 Å².